The molecule has 6 nitrogen and oxygen atoms in total. The van der Waals surface area contributed by atoms with Crippen molar-refractivity contribution in [3.05, 3.63) is 42.0 Å². The highest BCUT2D eigenvalue weighted by atomic mass is 16.2. The molecule has 0 bridgehead atoms. The second-order valence-corrected chi connectivity index (χ2v) is 3.57. The Labute approximate surface area is 98.5 Å². The van der Waals surface area contributed by atoms with E-state index in [0.717, 1.165) is 12.0 Å². The maximum Gasteiger partial charge on any atom is 0.273 e. The van der Waals surface area contributed by atoms with Gasteiger partial charge in [-0.2, -0.15) is 15.4 Å². The van der Waals surface area contributed by atoms with Gasteiger partial charge in [-0.1, -0.05) is 6.92 Å². The normalized spacial score (nSPS) is 12.1. The standard InChI is InChI=1S/C11H13N5O/c1-2-9(8-3-5-12-6-4-8)14-11(17)10-7-13-16-15-10/h3-7,9H,2H2,1H3,(H,14,17)(H,13,15,16)/t9-/m1/s1. The van der Waals surface area contributed by atoms with Crippen LogP contribution in [0.1, 0.15) is 35.4 Å². The molecule has 0 radical (unpaired) electrons. The van der Waals surface area contributed by atoms with Crippen molar-refractivity contribution in [3.63, 3.8) is 0 Å². The molecule has 0 aliphatic heterocycles. The van der Waals surface area contributed by atoms with Crippen LogP contribution in [-0.2, 0) is 0 Å². The van der Waals surface area contributed by atoms with E-state index >= 15 is 0 Å². The summed E-state index contributed by atoms with van der Waals surface area (Å²) >= 11 is 0. The van der Waals surface area contributed by atoms with Gasteiger partial charge >= 0.3 is 0 Å². The lowest BCUT2D eigenvalue weighted by molar-refractivity contribution is 0.0930. The third kappa shape index (κ3) is 2.66. The molecular formula is C11H13N5O. The molecule has 0 aliphatic carbocycles. The van der Waals surface area contributed by atoms with Crippen molar-refractivity contribution in [1.29, 1.82) is 0 Å². The van der Waals surface area contributed by atoms with E-state index in [1.165, 1.54) is 6.20 Å². The number of H-pyrrole nitrogens is 1. The van der Waals surface area contributed by atoms with Gasteiger partial charge in [-0.05, 0) is 24.1 Å². The van der Waals surface area contributed by atoms with Crippen molar-refractivity contribution in [2.24, 2.45) is 0 Å². The van der Waals surface area contributed by atoms with Crippen LogP contribution in [0.15, 0.2) is 30.7 Å². The molecule has 88 valence electrons. The fourth-order valence-corrected chi connectivity index (χ4v) is 1.56. The molecule has 0 unspecified atom stereocenters. The first-order valence-corrected chi connectivity index (χ1v) is 5.37. The molecule has 2 N–H and O–H groups in total. The summed E-state index contributed by atoms with van der Waals surface area (Å²) in [5, 5.41) is 12.6. The van der Waals surface area contributed by atoms with Gasteiger partial charge < -0.3 is 5.32 Å². The summed E-state index contributed by atoms with van der Waals surface area (Å²) in [6.07, 6.45) is 5.61. The van der Waals surface area contributed by atoms with E-state index in [-0.39, 0.29) is 17.6 Å². The maximum absolute atomic E-state index is 11.8. The second kappa shape index (κ2) is 5.20. The largest absolute Gasteiger partial charge is 0.344 e. The highest BCUT2D eigenvalue weighted by molar-refractivity contribution is 5.92. The predicted molar refractivity (Wildman–Crippen MR) is 61.1 cm³/mol. The third-order valence-corrected chi connectivity index (χ3v) is 2.47. The van der Waals surface area contributed by atoms with Crippen molar-refractivity contribution in [1.82, 2.24) is 25.7 Å². The van der Waals surface area contributed by atoms with Crippen LogP contribution in [0.3, 0.4) is 0 Å². The summed E-state index contributed by atoms with van der Waals surface area (Å²) in [5.74, 6) is -0.234. The number of rotatable bonds is 4. The molecule has 6 heteroatoms. The molecule has 2 rings (SSSR count). The molecule has 2 heterocycles. The number of nitrogens with one attached hydrogen (secondary N) is 2. The van der Waals surface area contributed by atoms with E-state index in [4.69, 9.17) is 0 Å². The number of carbonyl (C=O) groups is 1. The highest BCUT2D eigenvalue weighted by Crippen LogP contribution is 2.15. The lowest BCUT2D eigenvalue weighted by Gasteiger charge is -2.16. The smallest absolute Gasteiger partial charge is 0.273 e. The van der Waals surface area contributed by atoms with Crippen molar-refractivity contribution in [2.45, 2.75) is 19.4 Å². The van der Waals surface area contributed by atoms with Gasteiger partial charge in [0.25, 0.3) is 5.91 Å². The van der Waals surface area contributed by atoms with E-state index in [0.29, 0.717) is 0 Å². The summed E-state index contributed by atoms with van der Waals surface area (Å²) in [6, 6.07) is 3.73. The number of nitrogens with zero attached hydrogens (tertiary/aromatic N) is 3. The van der Waals surface area contributed by atoms with Crippen LogP contribution in [0.4, 0.5) is 0 Å². The number of amides is 1. The second-order valence-electron chi connectivity index (χ2n) is 3.57. The van der Waals surface area contributed by atoms with Crippen molar-refractivity contribution in [3.8, 4) is 0 Å². The molecule has 0 saturated carbocycles. The Morgan fingerprint density at radius 2 is 2.24 bits per heavy atom. The van der Waals surface area contributed by atoms with Gasteiger partial charge in [0.2, 0.25) is 0 Å². The Bertz CT molecular complexity index is 468. The average Bonchev–Trinajstić information content (AvgIpc) is 2.90. The van der Waals surface area contributed by atoms with E-state index in [2.05, 4.69) is 25.7 Å². The lowest BCUT2D eigenvalue weighted by Crippen LogP contribution is -2.28. The monoisotopic (exact) mass is 231 g/mol. The number of aromatic amines is 1. The summed E-state index contributed by atoms with van der Waals surface area (Å²) < 4.78 is 0. The Kier molecular flexibility index (Phi) is 3.44. The van der Waals surface area contributed by atoms with Crippen LogP contribution in [0, 0.1) is 0 Å². The molecular weight excluding hydrogens is 218 g/mol. The summed E-state index contributed by atoms with van der Waals surface area (Å²) in [4.78, 5) is 15.8. The SMILES string of the molecule is CC[C@@H](NC(=O)c1cn[nH]n1)c1ccncc1. The van der Waals surface area contributed by atoms with E-state index in [9.17, 15) is 4.79 Å². The Balaban J connectivity index is 2.09. The Morgan fingerprint density at radius 1 is 1.47 bits per heavy atom. The molecule has 0 fully saturated rings. The van der Waals surface area contributed by atoms with Gasteiger partial charge in [-0.3, -0.25) is 9.78 Å². The fourth-order valence-electron chi connectivity index (χ4n) is 1.56. The summed E-state index contributed by atoms with van der Waals surface area (Å²) in [6.45, 7) is 2.01. The minimum Gasteiger partial charge on any atom is -0.344 e. The minimum atomic E-state index is -0.234. The molecule has 2 aromatic heterocycles. The zero-order chi connectivity index (χ0) is 12.1. The molecule has 0 aromatic carbocycles. The van der Waals surface area contributed by atoms with Crippen LogP contribution < -0.4 is 5.32 Å². The lowest BCUT2D eigenvalue weighted by atomic mass is 10.1. The number of pyridine rings is 1. The molecule has 1 amide bonds. The minimum absolute atomic E-state index is 0.0396. The van der Waals surface area contributed by atoms with Crippen molar-refractivity contribution in [2.75, 3.05) is 0 Å². The molecule has 2 aromatic rings. The van der Waals surface area contributed by atoms with E-state index in [1.54, 1.807) is 12.4 Å². The van der Waals surface area contributed by atoms with E-state index in [1.807, 2.05) is 19.1 Å². The quantitative estimate of drug-likeness (QED) is 0.824. The van der Waals surface area contributed by atoms with Gasteiger partial charge in [0.15, 0.2) is 5.69 Å². The summed E-state index contributed by atoms with van der Waals surface area (Å²) in [5.41, 5.74) is 1.32. The van der Waals surface area contributed by atoms with Crippen LogP contribution in [0.2, 0.25) is 0 Å². The van der Waals surface area contributed by atoms with Gasteiger partial charge in [0, 0.05) is 12.4 Å². The molecule has 0 spiro atoms. The first kappa shape index (κ1) is 11.3. The Morgan fingerprint density at radius 3 is 2.82 bits per heavy atom. The average molecular weight is 231 g/mol. The zero-order valence-electron chi connectivity index (χ0n) is 9.42. The van der Waals surface area contributed by atoms with Crippen LogP contribution in [0.5, 0.6) is 0 Å². The number of carbonyl (C=O) groups excluding carboxylic acids is 1. The number of hydrogen-bond acceptors (Lipinski definition) is 4. The summed E-state index contributed by atoms with van der Waals surface area (Å²) in [7, 11) is 0. The van der Waals surface area contributed by atoms with Crippen molar-refractivity contribution < 1.29 is 4.79 Å². The first-order valence-electron chi connectivity index (χ1n) is 5.37. The molecule has 1 atom stereocenters. The van der Waals surface area contributed by atoms with Crippen molar-refractivity contribution >= 4 is 5.91 Å². The maximum atomic E-state index is 11.8. The number of aromatic nitrogens is 4. The third-order valence-electron chi connectivity index (χ3n) is 2.47. The number of hydrogen-bond donors (Lipinski definition) is 2. The highest BCUT2D eigenvalue weighted by Gasteiger charge is 2.15. The molecule has 0 aliphatic rings. The van der Waals surface area contributed by atoms with E-state index < -0.39 is 0 Å². The van der Waals surface area contributed by atoms with Gasteiger partial charge in [0.1, 0.15) is 0 Å². The topological polar surface area (TPSA) is 83.6 Å². The van der Waals surface area contributed by atoms with Gasteiger partial charge in [-0.15, -0.1) is 0 Å². The predicted octanol–water partition coefficient (Wildman–Crippen LogP) is 1.08. The molecule has 17 heavy (non-hydrogen) atoms. The fraction of sp³-hybridized carbons (Fsp3) is 0.273. The Hall–Kier alpha value is -2.24. The van der Waals surface area contributed by atoms with Crippen LogP contribution >= 0.6 is 0 Å². The molecule has 0 saturated heterocycles. The van der Waals surface area contributed by atoms with Crippen LogP contribution in [-0.4, -0.2) is 26.3 Å². The zero-order valence-corrected chi connectivity index (χ0v) is 9.42. The first-order chi connectivity index (χ1) is 8.31. The van der Waals surface area contributed by atoms with Gasteiger partial charge in [-0.25, -0.2) is 0 Å². The van der Waals surface area contributed by atoms with Crippen LogP contribution in [0.25, 0.3) is 0 Å². The van der Waals surface area contributed by atoms with Gasteiger partial charge in [0.05, 0.1) is 12.2 Å².